The van der Waals surface area contributed by atoms with E-state index in [-0.39, 0.29) is 23.7 Å². The van der Waals surface area contributed by atoms with E-state index < -0.39 is 11.6 Å². The fourth-order valence-electron chi connectivity index (χ4n) is 1.39. The molecule has 0 radical (unpaired) electrons. The molecule has 0 saturated heterocycles. The highest BCUT2D eigenvalue weighted by Crippen LogP contribution is 2.15. The first-order valence-electron chi connectivity index (χ1n) is 6.27. The average Bonchev–Trinajstić information content (AvgIpc) is 2.33. The second kappa shape index (κ2) is 6.41. The molecule has 0 bridgehead atoms. The van der Waals surface area contributed by atoms with Crippen LogP contribution in [-0.2, 0) is 7.05 Å². The monoisotopic (exact) mass is 345 g/mol. The van der Waals surface area contributed by atoms with Crippen molar-refractivity contribution in [2.75, 3.05) is 11.9 Å². The Balaban J connectivity index is 2.71. The number of aryl methyl sites for hydroxylation is 1. The SMILES string of the molecule is CC(C)C(C)(O)CNC(=O)Nc1cc(Br)cn(C)c1=O. The third-order valence-corrected chi connectivity index (χ3v) is 3.68. The van der Waals surface area contributed by atoms with Crippen molar-refractivity contribution in [2.24, 2.45) is 13.0 Å². The molecule has 20 heavy (non-hydrogen) atoms. The zero-order chi connectivity index (χ0) is 15.5. The van der Waals surface area contributed by atoms with Gasteiger partial charge in [-0.1, -0.05) is 13.8 Å². The Morgan fingerprint density at radius 1 is 1.55 bits per heavy atom. The Bertz CT molecular complexity index is 552. The number of aliphatic hydroxyl groups is 1. The first-order chi connectivity index (χ1) is 9.13. The van der Waals surface area contributed by atoms with E-state index in [4.69, 9.17) is 0 Å². The number of carbonyl (C=O) groups excluding carboxylic acids is 1. The smallest absolute Gasteiger partial charge is 0.319 e. The number of hydrogen-bond donors (Lipinski definition) is 3. The van der Waals surface area contributed by atoms with Crippen molar-refractivity contribution in [3.63, 3.8) is 0 Å². The zero-order valence-electron chi connectivity index (χ0n) is 12.0. The molecule has 1 atom stereocenters. The number of nitrogens with one attached hydrogen (secondary N) is 2. The summed E-state index contributed by atoms with van der Waals surface area (Å²) in [6.07, 6.45) is 1.61. The van der Waals surface area contributed by atoms with Gasteiger partial charge in [-0.05, 0) is 34.8 Å². The standard InChI is InChI=1S/C13H20BrN3O3/c1-8(2)13(3,20)7-15-12(19)16-10-5-9(14)6-17(4)11(10)18/h5-6,8,20H,7H2,1-4H3,(H2,15,16,19). The number of anilines is 1. The van der Waals surface area contributed by atoms with Crippen LogP contribution in [0.1, 0.15) is 20.8 Å². The Morgan fingerprint density at radius 2 is 2.15 bits per heavy atom. The van der Waals surface area contributed by atoms with Gasteiger partial charge in [0.25, 0.3) is 5.56 Å². The molecule has 0 fully saturated rings. The number of rotatable bonds is 4. The number of hydrogen-bond acceptors (Lipinski definition) is 3. The van der Waals surface area contributed by atoms with E-state index in [1.54, 1.807) is 20.2 Å². The van der Waals surface area contributed by atoms with E-state index in [1.807, 2.05) is 13.8 Å². The van der Waals surface area contributed by atoms with Crippen LogP contribution in [0.2, 0.25) is 0 Å². The first kappa shape index (κ1) is 16.7. The summed E-state index contributed by atoms with van der Waals surface area (Å²) in [6, 6.07) is 1.00. The molecule has 0 aliphatic carbocycles. The molecule has 0 aliphatic heterocycles. The maximum atomic E-state index is 11.8. The van der Waals surface area contributed by atoms with Gasteiger partial charge in [-0.3, -0.25) is 4.79 Å². The Labute approximate surface area is 126 Å². The van der Waals surface area contributed by atoms with Gasteiger partial charge >= 0.3 is 6.03 Å². The van der Waals surface area contributed by atoms with Crippen molar-refractivity contribution in [3.8, 4) is 0 Å². The molecule has 0 aromatic carbocycles. The lowest BCUT2D eigenvalue weighted by Crippen LogP contribution is -2.46. The molecule has 0 saturated carbocycles. The predicted molar refractivity (Wildman–Crippen MR) is 81.9 cm³/mol. The lowest BCUT2D eigenvalue weighted by atomic mass is 9.93. The summed E-state index contributed by atoms with van der Waals surface area (Å²) >= 11 is 3.26. The van der Waals surface area contributed by atoms with E-state index in [0.717, 1.165) is 0 Å². The highest BCUT2D eigenvalue weighted by molar-refractivity contribution is 9.10. The van der Waals surface area contributed by atoms with Crippen LogP contribution in [-0.4, -0.2) is 27.9 Å². The summed E-state index contributed by atoms with van der Waals surface area (Å²) in [4.78, 5) is 23.6. The number of nitrogens with zero attached hydrogens (tertiary/aromatic N) is 1. The van der Waals surface area contributed by atoms with E-state index in [1.165, 1.54) is 10.6 Å². The largest absolute Gasteiger partial charge is 0.388 e. The van der Waals surface area contributed by atoms with Crippen molar-refractivity contribution in [2.45, 2.75) is 26.4 Å². The summed E-state index contributed by atoms with van der Waals surface area (Å²) in [6.45, 7) is 5.48. The van der Waals surface area contributed by atoms with Crippen LogP contribution in [0.3, 0.4) is 0 Å². The highest BCUT2D eigenvalue weighted by atomic mass is 79.9. The Hall–Kier alpha value is -1.34. The molecule has 1 aromatic heterocycles. The van der Waals surface area contributed by atoms with Gasteiger partial charge < -0.3 is 20.3 Å². The summed E-state index contributed by atoms with van der Waals surface area (Å²) in [5, 5.41) is 15.1. The van der Waals surface area contributed by atoms with Crippen LogP contribution in [0.4, 0.5) is 10.5 Å². The van der Waals surface area contributed by atoms with E-state index in [0.29, 0.717) is 4.47 Å². The van der Waals surface area contributed by atoms with Gasteiger partial charge in [-0.15, -0.1) is 0 Å². The fourth-order valence-corrected chi connectivity index (χ4v) is 1.93. The maximum Gasteiger partial charge on any atom is 0.319 e. The van der Waals surface area contributed by atoms with Gasteiger partial charge in [-0.25, -0.2) is 4.79 Å². The van der Waals surface area contributed by atoms with Crippen molar-refractivity contribution < 1.29 is 9.90 Å². The average molecular weight is 346 g/mol. The van der Waals surface area contributed by atoms with Gasteiger partial charge in [0.15, 0.2) is 0 Å². The molecule has 1 unspecified atom stereocenters. The van der Waals surface area contributed by atoms with Crippen molar-refractivity contribution >= 4 is 27.6 Å². The van der Waals surface area contributed by atoms with Crippen LogP contribution in [0.15, 0.2) is 21.5 Å². The topological polar surface area (TPSA) is 83.4 Å². The van der Waals surface area contributed by atoms with Gasteiger partial charge in [0.05, 0.1) is 5.60 Å². The molecule has 7 heteroatoms. The number of carbonyl (C=O) groups is 1. The Morgan fingerprint density at radius 3 is 2.70 bits per heavy atom. The molecule has 1 rings (SSSR count). The number of amides is 2. The lowest BCUT2D eigenvalue weighted by molar-refractivity contribution is 0.0170. The summed E-state index contributed by atoms with van der Waals surface area (Å²) in [5.74, 6) is 0.00143. The predicted octanol–water partition coefficient (Wildman–Crippen LogP) is 1.68. The van der Waals surface area contributed by atoms with Gasteiger partial charge in [-0.2, -0.15) is 0 Å². The maximum absolute atomic E-state index is 11.8. The van der Waals surface area contributed by atoms with Crippen LogP contribution in [0.5, 0.6) is 0 Å². The quantitative estimate of drug-likeness (QED) is 0.776. The van der Waals surface area contributed by atoms with Crippen LogP contribution in [0, 0.1) is 5.92 Å². The number of halogens is 1. The minimum absolute atomic E-state index is 0.00143. The molecule has 2 amide bonds. The molecule has 6 nitrogen and oxygen atoms in total. The minimum atomic E-state index is -1.00. The van der Waals surface area contributed by atoms with E-state index in [9.17, 15) is 14.7 Å². The zero-order valence-corrected chi connectivity index (χ0v) is 13.6. The fraction of sp³-hybridized carbons (Fsp3) is 0.538. The molecule has 1 heterocycles. The normalized spacial score (nSPS) is 13.9. The summed E-state index contributed by atoms with van der Waals surface area (Å²) in [5.41, 5.74) is -1.14. The summed E-state index contributed by atoms with van der Waals surface area (Å²) in [7, 11) is 1.60. The second-order valence-electron chi connectivity index (χ2n) is 5.31. The first-order valence-corrected chi connectivity index (χ1v) is 7.06. The number of aromatic nitrogens is 1. The highest BCUT2D eigenvalue weighted by Gasteiger charge is 2.25. The third-order valence-electron chi connectivity index (χ3n) is 3.25. The molecule has 0 spiro atoms. The van der Waals surface area contributed by atoms with E-state index in [2.05, 4.69) is 26.6 Å². The molecular formula is C13H20BrN3O3. The van der Waals surface area contributed by atoms with Gasteiger partial charge in [0.1, 0.15) is 5.69 Å². The summed E-state index contributed by atoms with van der Waals surface area (Å²) < 4.78 is 2.05. The lowest BCUT2D eigenvalue weighted by Gasteiger charge is -2.27. The van der Waals surface area contributed by atoms with Crippen LogP contribution < -0.4 is 16.2 Å². The molecule has 3 N–H and O–H groups in total. The van der Waals surface area contributed by atoms with Crippen molar-refractivity contribution in [1.29, 1.82) is 0 Å². The second-order valence-corrected chi connectivity index (χ2v) is 6.22. The molecule has 1 aromatic rings. The van der Waals surface area contributed by atoms with Crippen molar-refractivity contribution in [3.05, 3.63) is 27.1 Å². The molecular weight excluding hydrogens is 326 g/mol. The minimum Gasteiger partial charge on any atom is -0.388 e. The van der Waals surface area contributed by atoms with Crippen molar-refractivity contribution in [1.82, 2.24) is 9.88 Å². The number of urea groups is 1. The van der Waals surface area contributed by atoms with Gasteiger partial charge in [0, 0.05) is 24.3 Å². The molecule has 112 valence electrons. The molecule has 0 aliphatic rings. The third kappa shape index (κ3) is 4.35. The Kier molecular flexibility index (Phi) is 5.35. The van der Waals surface area contributed by atoms with E-state index >= 15 is 0 Å². The van der Waals surface area contributed by atoms with Crippen LogP contribution >= 0.6 is 15.9 Å². The number of pyridine rings is 1. The van der Waals surface area contributed by atoms with Gasteiger partial charge in [0.2, 0.25) is 0 Å². The van der Waals surface area contributed by atoms with Crippen LogP contribution in [0.25, 0.3) is 0 Å².